The van der Waals surface area contributed by atoms with Crippen LogP contribution in [-0.2, 0) is 0 Å². The van der Waals surface area contributed by atoms with E-state index in [1.165, 1.54) is 32.6 Å². The molecule has 1 N–H and O–H groups in total. The average Bonchev–Trinajstić information content (AvgIpc) is 3.80. The first-order valence-electron chi connectivity index (χ1n) is 18.2. The summed E-state index contributed by atoms with van der Waals surface area (Å²) in [6.07, 6.45) is 0. The summed E-state index contributed by atoms with van der Waals surface area (Å²) in [6, 6.07) is 63.7. The highest BCUT2D eigenvalue weighted by atomic mass is 16.3. The average molecular weight is 692 g/mol. The van der Waals surface area contributed by atoms with Crippen LogP contribution in [0.25, 0.3) is 71.3 Å². The lowest BCUT2D eigenvalue weighted by Crippen LogP contribution is -2.38. The van der Waals surface area contributed by atoms with Crippen LogP contribution >= 0.6 is 0 Å². The fourth-order valence-corrected chi connectivity index (χ4v) is 7.99. The lowest BCUT2D eigenvalue weighted by atomic mass is 9.98. The fourth-order valence-electron chi connectivity index (χ4n) is 7.99. The summed E-state index contributed by atoms with van der Waals surface area (Å²) < 4.78 is 14.0. The minimum Gasteiger partial charge on any atom is -0.456 e. The number of rotatable bonds is 5. The molecule has 54 heavy (non-hydrogen) atoms. The van der Waals surface area contributed by atoms with Gasteiger partial charge in [0.1, 0.15) is 11.2 Å². The van der Waals surface area contributed by atoms with Crippen molar-refractivity contribution in [2.75, 3.05) is 0 Å². The summed E-state index contributed by atoms with van der Waals surface area (Å²) >= 11 is 0. The molecule has 0 aliphatic carbocycles. The van der Waals surface area contributed by atoms with E-state index in [9.17, 15) is 0 Å². The Hall–Kier alpha value is -7.46. The Morgan fingerprint density at radius 3 is 2.02 bits per heavy atom. The number of fused-ring (bicyclic) bond motifs is 8. The molecule has 5 heteroatoms. The van der Waals surface area contributed by atoms with E-state index in [4.69, 9.17) is 14.1 Å². The Balaban J connectivity index is 1.10. The maximum absolute atomic E-state index is 6.50. The zero-order valence-electron chi connectivity index (χ0n) is 29.1. The maximum Gasteiger partial charge on any atom is 0.360 e. The van der Waals surface area contributed by atoms with Crippen molar-refractivity contribution in [3.8, 4) is 16.8 Å². The number of amidine groups is 3. The van der Waals surface area contributed by atoms with Gasteiger partial charge in [0.05, 0.1) is 27.7 Å². The molecule has 10 aromatic rings. The third-order valence-electron chi connectivity index (χ3n) is 10.5. The van der Waals surface area contributed by atoms with E-state index in [-0.39, 0.29) is 0 Å². The molecule has 0 spiro atoms. The standard InChI is InChI=1S/C49H30N4O/c1-4-14-32(15-5-1)47-50-48(33-16-6-2-7-17-33)52-49(51-47)39-21-12-22-44-45(39)41-30-35(25-28-43(41)54-44)34-24-27-42-40(29-34)38-26-23-31-13-10-11-20-37(31)46(38)53(42)36-18-8-3-9-19-36/h1-30H/p+1. The van der Waals surface area contributed by atoms with E-state index < -0.39 is 0 Å². The number of hydrogen-bond donors (Lipinski definition) is 1. The Morgan fingerprint density at radius 1 is 0.500 bits per heavy atom. The second-order valence-corrected chi connectivity index (χ2v) is 13.7. The number of aromatic nitrogens is 1. The van der Waals surface area contributed by atoms with E-state index in [0.717, 1.165) is 67.1 Å². The number of nitrogens with one attached hydrogen (secondary N) is 1. The van der Waals surface area contributed by atoms with Crippen LogP contribution in [0.15, 0.2) is 191 Å². The molecule has 3 heterocycles. The van der Waals surface area contributed by atoms with Crippen LogP contribution in [0.3, 0.4) is 0 Å². The first-order chi connectivity index (χ1) is 26.8. The van der Waals surface area contributed by atoms with Crippen LogP contribution in [0.5, 0.6) is 0 Å². The van der Waals surface area contributed by atoms with Gasteiger partial charge in [0, 0.05) is 32.6 Å². The van der Waals surface area contributed by atoms with Crippen molar-refractivity contribution in [1.29, 1.82) is 0 Å². The van der Waals surface area contributed by atoms with Gasteiger partial charge in [0.25, 0.3) is 5.84 Å². The molecular weight excluding hydrogens is 661 g/mol. The zero-order valence-corrected chi connectivity index (χ0v) is 29.1. The maximum atomic E-state index is 6.50. The molecule has 1 aliphatic rings. The Morgan fingerprint density at radius 2 is 1.20 bits per heavy atom. The third-order valence-corrected chi connectivity index (χ3v) is 10.5. The molecule has 0 bridgehead atoms. The van der Waals surface area contributed by atoms with Crippen molar-refractivity contribution in [1.82, 2.24) is 14.6 Å². The van der Waals surface area contributed by atoms with E-state index in [2.05, 4.69) is 131 Å². The molecule has 0 saturated carbocycles. The van der Waals surface area contributed by atoms with Gasteiger partial charge in [-0.3, -0.25) is 0 Å². The molecule has 2 aromatic heterocycles. The van der Waals surface area contributed by atoms with Gasteiger partial charge < -0.3 is 8.98 Å². The largest absolute Gasteiger partial charge is 0.456 e. The molecule has 1 aliphatic heterocycles. The van der Waals surface area contributed by atoms with Crippen LogP contribution in [-0.4, -0.2) is 22.1 Å². The zero-order chi connectivity index (χ0) is 35.6. The van der Waals surface area contributed by atoms with Gasteiger partial charge >= 0.3 is 11.7 Å². The van der Waals surface area contributed by atoms with Crippen molar-refractivity contribution in [3.63, 3.8) is 0 Å². The van der Waals surface area contributed by atoms with Crippen molar-refractivity contribution >= 4 is 72.0 Å². The summed E-state index contributed by atoms with van der Waals surface area (Å²) in [7, 11) is 0. The summed E-state index contributed by atoms with van der Waals surface area (Å²) in [6.45, 7) is 0. The number of benzene rings is 8. The number of para-hydroxylation sites is 1. The van der Waals surface area contributed by atoms with E-state index >= 15 is 0 Å². The molecule has 8 aromatic carbocycles. The van der Waals surface area contributed by atoms with Gasteiger partial charge in [-0.25, -0.2) is 9.98 Å². The second kappa shape index (κ2) is 12.1. The first-order valence-corrected chi connectivity index (χ1v) is 18.2. The van der Waals surface area contributed by atoms with E-state index in [1.54, 1.807) is 0 Å². The summed E-state index contributed by atoms with van der Waals surface area (Å²) in [4.78, 5) is 4.98. The Kier molecular flexibility index (Phi) is 6.74. The van der Waals surface area contributed by atoms with Crippen LogP contribution in [0, 0.1) is 0 Å². The monoisotopic (exact) mass is 691 g/mol. The van der Waals surface area contributed by atoms with Gasteiger partial charge in [-0.2, -0.15) is 0 Å². The second-order valence-electron chi connectivity index (χ2n) is 13.7. The number of nitrogens with zero attached hydrogens (tertiary/aromatic N) is 3. The van der Waals surface area contributed by atoms with Crippen molar-refractivity contribution in [2.45, 2.75) is 0 Å². The normalized spacial score (nSPS) is 13.0. The molecular formula is C49H31N4O+. The molecule has 252 valence electrons. The number of aliphatic imine (C=N–C) groups is 1. The quantitative estimate of drug-likeness (QED) is 0.183. The summed E-state index contributed by atoms with van der Waals surface area (Å²) in [5, 5.41) is 10.5. The van der Waals surface area contributed by atoms with Crippen molar-refractivity contribution < 1.29 is 4.42 Å². The minimum atomic E-state index is 0.657. The van der Waals surface area contributed by atoms with Crippen LogP contribution in [0.2, 0.25) is 0 Å². The Bertz CT molecular complexity index is 3200. The highest BCUT2D eigenvalue weighted by Crippen LogP contribution is 2.40. The van der Waals surface area contributed by atoms with Gasteiger partial charge in [0.2, 0.25) is 0 Å². The summed E-state index contributed by atoms with van der Waals surface area (Å²) in [5.41, 5.74) is 10.3. The predicted octanol–water partition coefficient (Wildman–Crippen LogP) is 10.8. The summed E-state index contributed by atoms with van der Waals surface area (Å²) in [5.74, 6) is 2.13. The van der Waals surface area contributed by atoms with Gasteiger partial charge in [0.15, 0.2) is 0 Å². The van der Waals surface area contributed by atoms with Crippen molar-refractivity contribution in [2.24, 2.45) is 4.99 Å². The Labute approximate surface area is 310 Å². The molecule has 0 radical (unpaired) electrons. The van der Waals surface area contributed by atoms with E-state index in [0.29, 0.717) is 5.84 Å². The fraction of sp³-hybridized carbons (Fsp3) is 0. The molecule has 0 saturated heterocycles. The van der Waals surface area contributed by atoms with Crippen LogP contribution < -0.4 is 9.98 Å². The predicted molar refractivity (Wildman–Crippen MR) is 224 cm³/mol. The third kappa shape index (κ3) is 4.81. The number of hydrogen-bond acceptors (Lipinski definition) is 3. The van der Waals surface area contributed by atoms with Gasteiger partial charge in [-0.15, -0.1) is 0 Å². The SMILES string of the molecule is c1ccc(C2=NC(c3ccccc3)=[N+]=C(c3cccc4oc5ccc(-c6ccc7c(c6)c6ccc8ccccc8c6n7-c6ccccc6)cc5c34)N2)cc1. The van der Waals surface area contributed by atoms with Crippen LogP contribution in [0.4, 0.5) is 0 Å². The van der Waals surface area contributed by atoms with Gasteiger partial charge in [-0.05, 0) is 89.3 Å². The smallest absolute Gasteiger partial charge is 0.360 e. The van der Waals surface area contributed by atoms with Gasteiger partial charge in [-0.1, -0.05) is 114 Å². The number of furan rings is 1. The minimum absolute atomic E-state index is 0.657. The highest BCUT2D eigenvalue weighted by molar-refractivity contribution is 6.27. The lowest BCUT2D eigenvalue weighted by Gasteiger charge is -2.10. The van der Waals surface area contributed by atoms with Crippen molar-refractivity contribution in [3.05, 3.63) is 199 Å². The molecule has 0 unspecified atom stereocenters. The molecule has 11 rings (SSSR count). The highest BCUT2D eigenvalue weighted by Gasteiger charge is 2.28. The van der Waals surface area contributed by atoms with E-state index in [1.807, 2.05) is 60.7 Å². The topological polar surface area (TPSA) is 56.6 Å². The molecule has 5 nitrogen and oxygen atoms in total. The molecule has 0 amide bonds. The first kappa shape index (κ1) is 30.2. The molecule has 0 fully saturated rings. The molecule has 0 atom stereocenters. The lowest BCUT2D eigenvalue weighted by molar-refractivity contribution is 0.669. The van der Waals surface area contributed by atoms with Crippen LogP contribution in [0.1, 0.15) is 16.7 Å².